The molecule has 0 saturated carbocycles. The quantitative estimate of drug-likeness (QED) is 0.617. The van der Waals surface area contributed by atoms with E-state index >= 15 is 0 Å². The van der Waals surface area contributed by atoms with E-state index in [1.54, 1.807) is 0 Å². The van der Waals surface area contributed by atoms with Gasteiger partial charge >= 0.3 is 0 Å². The summed E-state index contributed by atoms with van der Waals surface area (Å²) in [4.78, 5) is 12.2. The van der Waals surface area contributed by atoms with Gasteiger partial charge in [-0.3, -0.25) is 4.79 Å². The Kier molecular flexibility index (Phi) is 6.26. The molecular weight excluding hydrogens is 434 g/mol. The van der Waals surface area contributed by atoms with Crippen molar-refractivity contribution in [2.45, 2.75) is 30.7 Å². The van der Waals surface area contributed by atoms with Gasteiger partial charge in [0.15, 0.2) is 0 Å². The minimum absolute atomic E-state index is 0.0685. The number of amides is 1. The van der Waals surface area contributed by atoms with Crippen LogP contribution in [-0.4, -0.2) is 31.7 Å². The molecule has 1 aliphatic heterocycles. The third-order valence-electron chi connectivity index (χ3n) is 5.98. The summed E-state index contributed by atoms with van der Waals surface area (Å²) in [6.07, 6.45) is 0.620. The molecule has 1 aliphatic rings. The molecule has 4 rings (SSSR count). The molecule has 32 heavy (non-hydrogen) atoms. The van der Waals surface area contributed by atoms with E-state index in [0.717, 1.165) is 32.8 Å². The highest BCUT2D eigenvalue weighted by molar-refractivity contribution is 7.89. The Balaban J connectivity index is 1.42. The number of benzene rings is 3. The molecule has 3 aromatic rings. The van der Waals surface area contributed by atoms with Crippen molar-refractivity contribution >= 4 is 26.7 Å². The van der Waals surface area contributed by atoms with Gasteiger partial charge in [-0.2, -0.15) is 4.31 Å². The molecular formula is C24H24F2N2O3S. The zero-order chi connectivity index (χ0) is 22.9. The van der Waals surface area contributed by atoms with Crippen LogP contribution in [0, 0.1) is 17.6 Å². The minimum Gasteiger partial charge on any atom is -0.349 e. The van der Waals surface area contributed by atoms with Crippen molar-refractivity contribution < 1.29 is 22.0 Å². The standard InChI is InChI=1S/C24H24F2N2O3S/c1-16(20-8-4-6-17-5-2-3-7-21(17)20)27-24(29)18-11-13-28(14-12-18)32(30,31)23-15-19(25)9-10-22(23)26/h2-10,15-16,18H,11-14H2,1H3,(H,27,29)/t16-/m1/s1. The van der Waals surface area contributed by atoms with Crippen LogP contribution in [0.4, 0.5) is 8.78 Å². The second-order valence-corrected chi connectivity index (χ2v) is 9.96. The number of nitrogens with one attached hydrogen (secondary N) is 1. The Hall–Kier alpha value is -2.84. The minimum atomic E-state index is -4.17. The van der Waals surface area contributed by atoms with Gasteiger partial charge < -0.3 is 5.32 Å². The molecule has 0 aromatic heterocycles. The molecule has 5 nitrogen and oxygen atoms in total. The summed E-state index contributed by atoms with van der Waals surface area (Å²) in [6, 6.07) is 16.1. The van der Waals surface area contributed by atoms with Crippen molar-refractivity contribution in [2.75, 3.05) is 13.1 Å². The predicted octanol–water partition coefficient (Wildman–Crippen LogP) is 4.40. The molecule has 1 N–H and O–H groups in total. The molecule has 0 spiro atoms. The molecule has 3 aromatic carbocycles. The fourth-order valence-corrected chi connectivity index (χ4v) is 5.76. The summed E-state index contributed by atoms with van der Waals surface area (Å²) < 4.78 is 54.1. The monoisotopic (exact) mass is 458 g/mol. The largest absolute Gasteiger partial charge is 0.349 e. The molecule has 168 valence electrons. The zero-order valence-corrected chi connectivity index (χ0v) is 18.4. The van der Waals surface area contributed by atoms with E-state index in [1.165, 1.54) is 0 Å². The Morgan fingerprint density at radius 3 is 2.47 bits per heavy atom. The molecule has 8 heteroatoms. The van der Waals surface area contributed by atoms with Gasteiger partial charge in [-0.15, -0.1) is 0 Å². The van der Waals surface area contributed by atoms with Crippen molar-refractivity contribution in [1.82, 2.24) is 9.62 Å². The van der Waals surface area contributed by atoms with E-state index in [9.17, 15) is 22.0 Å². The van der Waals surface area contributed by atoms with Crippen molar-refractivity contribution in [3.8, 4) is 0 Å². The number of piperidine rings is 1. The topological polar surface area (TPSA) is 66.5 Å². The third-order valence-corrected chi connectivity index (χ3v) is 7.90. The molecule has 0 radical (unpaired) electrons. The molecule has 0 bridgehead atoms. The summed E-state index contributed by atoms with van der Waals surface area (Å²) in [6.45, 7) is 2.06. The maximum absolute atomic E-state index is 14.0. The fourth-order valence-electron chi connectivity index (χ4n) is 4.21. The van der Waals surface area contributed by atoms with Crippen LogP contribution in [0.1, 0.15) is 31.4 Å². The number of rotatable bonds is 5. The molecule has 0 unspecified atom stereocenters. The number of sulfonamides is 1. The van der Waals surface area contributed by atoms with Crippen LogP contribution in [-0.2, 0) is 14.8 Å². The highest BCUT2D eigenvalue weighted by atomic mass is 32.2. The van der Waals surface area contributed by atoms with Gasteiger partial charge in [-0.1, -0.05) is 42.5 Å². The van der Waals surface area contributed by atoms with Crippen LogP contribution in [0.15, 0.2) is 65.6 Å². The van der Waals surface area contributed by atoms with Crippen LogP contribution in [0.3, 0.4) is 0 Å². The second kappa shape index (κ2) is 8.96. The maximum atomic E-state index is 14.0. The Labute approximate surface area is 186 Å². The van der Waals surface area contributed by atoms with Gasteiger partial charge in [-0.25, -0.2) is 17.2 Å². The SMILES string of the molecule is C[C@@H](NC(=O)C1CCN(S(=O)(=O)c2cc(F)ccc2F)CC1)c1cccc2ccccc12. The van der Waals surface area contributed by atoms with Crippen molar-refractivity contribution in [3.05, 3.63) is 77.9 Å². The van der Waals surface area contributed by atoms with Gasteiger partial charge in [0.1, 0.15) is 16.5 Å². The maximum Gasteiger partial charge on any atom is 0.246 e. The van der Waals surface area contributed by atoms with Gasteiger partial charge in [-0.05, 0) is 54.3 Å². The normalized spacial score (nSPS) is 16.7. The van der Waals surface area contributed by atoms with E-state index in [4.69, 9.17) is 0 Å². The number of halogens is 2. The van der Waals surface area contributed by atoms with Gasteiger partial charge in [0.25, 0.3) is 0 Å². The molecule has 1 heterocycles. The van der Waals surface area contributed by atoms with E-state index < -0.39 is 26.6 Å². The van der Waals surface area contributed by atoms with Gasteiger partial charge in [0.05, 0.1) is 6.04 Å². The molecule has 1 saturated heterocycles. The lowest BCUT2D eigenvalue weighted by Gasteiger charge is -2.31. The first-order valence-corrected chi connectivity index (χ1v) is 11.9. The van der Waals surface area contributed by atoms with E-state index in [-0.39, 0.29) is 31.0 Å². The van der Waals surface area contributed by atoms with E-state index in [0.29, 0.717) is 18.9 Å². The number of carbonyl (C=O) groups excluding carboxylic acids is 1. The lowest BCUT2D eigenvalue weighted by Crippen LogP contribution is -2.43. The predicted molar refractivity (Wildman–Crippen MR) is 118 cm³/mol. The molecule has 1 atom stereocenters. The lowest BCUT2D eigenvalue weighted by molar-refractivity contribution is -0.126. The third kappa shape index (κ3) is 4.38. The van der Waals surface area contributed by atoms with Gasteiger partial charge in [0, 0.05) is 19.0 Å². The molecule has 1 amide bonds. The first kappa shape index (κ1) is 22.4. The zero-order valence-electron chi connectivity index (χ0n) is 17.6. The summed E-state index contributed by atoms with van der Waals surface area (Å²) in [5.41, 5.74) is 1.01. The highest BCUT2D eigenvalue weighted by Crippen LogP contribution is 2.28. The number of nitrogens with zero attached hydrogens (tertiary/aromatic N) is 1. The average molecular weight is 459 g/mol. The summed E-state index contributed by atoms with van der Waals surface area (Å²) >= 11 is 0. The highest BCUT2D eigenvalue weighted by Gasteiger charge is 2.34. The summed E-state index contributed by atoms with van der Waals surface area (Å²) in [5.74, 6) is -2.30. The first-order chi connectivity index (χ1) is 15.3. The van der Waals surface area contributed by atoms with Crippen molar-refractivity contribution in [1.29, 1.82) is 0 Å². The van der Waals surface area contributed by atoms with Gasteiger partial charge in [0.2, 0.25) is 15.9 Å². The Bertz CT molecular complexity index is 1250. The molecule has 0 aliphatic carbocycles. The average Bonchev–Trinajstić information content (AvgIpc) is 2.80. The van der Waals surface area contributed by atoms with Crippen LogP contribution >= 0.6 is 0 Å². The van der Waals surface area contributed by atoms with Crippen LogP contribution < -0.4 is 5.32 Å². The Morgan fingerprint density at radius 2 is 1.72 bits per heavy atom. The fraction of sp³-hybridized carbons (Fsp3) is 0.292. The second-order valence-electron chi connectivity index (χ2n) is 8.05. The number of fused-ring (bicyclic) bond motifs is 1. The number of carbonyl (C=O) groups is 1. The van der Waals surface area contributed by atoms with E-state index in [2.05, 4.69) is 5.32 Å². The smallest absolute Gasteiger partial charge is 0.246 e. The van der Waals surface area contributed by atoms with Crippen LogP contribution in [0.25, 0.3) is 10.8 Å². The number of hydrogen-bond acceptors (Lipinski definition) is 3. The summed E-state index contributed by atoms with van der Waals surface area (Å²) in [7, 11) is -4.17. The van der Waals surface area contributed by atoms with Crippen molar-refractivity contribution in [3.63, 3.8) is 0 Å². The Morgan fingerprint density at radius 1 is 1.03 bits per heavy atom. The van der Waals surface area contributed by atoms with Crippen molar-refractivity contribution in [2.24, 2.45) is 5.92 Å². The number of hydrogen-bond donors (Lipinski definition) is 1. The summed E-state index contributed by atoms with van der Waals surface area (Å²) in [5, 5.41) is 5.21. The van der Waals surface area contributed by atoms with Crippen LogP contribution in [0.5, 0.6) is 0 Å². The first-order valence-electron chi connectivity index (χ1n) is 10.5. The lowest BCUT2D eigenvalue weighted by atomic mass is 9.95. The van der Waals surface area contributed by atoms with Crippen LogP contribution in [0.2, 0.25) is 0 Å². The molecule has 1 fully saturated rings. The van der Waals surface area contributed by atoms with E-state index in [1.807, 2.05) is 49.4 Å².